The highest BCUT2D eigenvalue weighted by Gasteiger charge is 2.36. The summed E-state index contributed by atoms with van der Waals surface area (Å²) in [5.41, 5.74) is 0.431. The van der Waals surface area contributed by atoms with Crippen LogP contribution < -0.4 is 4.90 Å². The molecule has 1 amide bonds. The third-order valence-electron chi connectivity index (χ3n) is 3.38. The predicted molar refractivity (Wildman–Crippen MR) is 68.5 cm³/mol. The number of carbonyl (C=O) groups excluding carboxylic acids is 1. The maximum Gasteiger partial charge on any atom is 0.269 e. The number of nitro groups is 1. The summed E-state index contributed by atoms with van der Waals surface area (Å²) in [6, 6.07) is 6.14. The van der Waals surface area contributed by atoms with Crippen LogP contribution in [0.5, 0.6) is 0 Å². The molecule has 5 nitrogen and oxygen atoms in total. The first kappa shape index (κ1) is 12.5. The Balaban J connectivity index is 2.26. The highest BCUT2D eigenvalue weighted by Crippen LogP contribution is 2.33. The molecule has 5 heteroatoms. The molecule has 0 saturated carbocycles. The van der Waals surface area contributed by atoms with Crippen LogP contribution in [0.25, 0.3) is 0 Å². The normalized spacial score (nSPS) is 18.8. The molecule has 0 aliphatic carbocycles. The van der Waals surface area contributed by atoms with Crippen molar-refractivity contribution in [2.24, 2.45) is 5.41 Å². The lowest BCUT2D eigenvalue weighted by molar-refractivity contribution is -0.384. The topological polar surface area (TPSA) is 63.4 Å². The van der Waals surface area contributed by atoms with Gasteiger partial charge in [0.1, 0.15) is 0 Å². The third kappa shape index (κ3) is 2.20. The fourth-order valence-corrected chi connectivity index (χ4v) is 2.25. The number of non-ortho nitro benzene ring substituents is 1. The highest BCUT2D eigenvalue weighted by molar-refractivity contribution is 5.97. The molecule has 1 aromatic carbocycles. The number of rotatable bonds is 2. The van der Waals surface area contributed by atoms with E-state index >= 15 is 0 Å². The van der Waals surface area contributed by atoms with Crippen LogP contribution in [-0.2, 0) is 4.79 Å². The quantitative estimate of drug-likeness (QED) is 0.597. The van der Waals surface area contributed by atoms with Gasteiger partial charge in [0.2, 0.25) is 5.91 Å². The SMILES string of the molecule is CC1(C)CCCN(c2ccc([N+](=O)[O-])cc2)C1=O. The first-order chi connectivity index (χ1) is 8.42. The molecule has 2 rings (SSSR count). The van der Waals surface area contributed by atoms with E-state index in [-0.39, 0.29) is 17.0 Å². The molecule has 1 aliphatic heterocycles. The van der Waals surface area contributed by atoms with Gasteiger partial charge in [0, 0.05) is 29.8 Å². The number of piperidine rings is 1. The van der Waals surface area contributed by atoms with Gasteiger partial charge in [-0.1, -0.05) is 13.8 Å². The van der Waals surface area contributed by atoms with Crippen molar-refractivity contribution in [1.82, 2.24) is 0 Å². The van der Waals surface area contributed by atoms with Crippen molar-refractivity contribution < 1.29 is 9.72 Å². The Morgan fingerprint density at radius 3 is 2.44 bits per heavy atom. The van der Waals surface area contributed by atoms with E-state index in [9.17, 15) is 14.9 Å². The summed E-state index contributed by atoms with van der Waals surface area (Å²) in [6.45, 7) is 4.56. The summed E-state index contributed by atoms with van der Waals surface area (Å²) in [5.74, 6) is 0.0857. The van der Waals surface area contributed by atoms with Crippen LogP contribution in [0.2, 0.25) is 0 Å². The number of benzene rings is 1. The van der Waals surface area contributed by atoms with Crippen LogP contribution in [0.3, 0.4) is 0 Å². The lowest BCUT2D eigenvalue weighted by atomic mass is 9.83. The van der Waals surface area contributed by atoms with Gasteiger partial charge in [0.25, 0.3) is 5.69 Å². The van der Waals surface area contributed by atoms with Crippen molar-refractivity contribution >= 4 is 17.3 Å². The van der Waals surface area contributed by atoms with Gasteiger partial charge in [-0.05, 0) is 25.0 Å². The zero-order valence-corrected chi connectivity index (χ0v) is 10.5. The molecule has 0 spiro atoms. The first-order valence-corrected chi connectivity index (χ1v) is 5.98. The Morgan fingerprint density at radius 1 is 1.28 bits per heavy atom. The van der Waals surface area contributed by atoms with Crippen molar-refractivity contribution in [3.8, 4) is 0 Å². The molecule has 0 atom stereocenters. The summed E-state index contributed by atoms with van der Waals surface area (Å²) < 4.78 is 0. The molecule has 0 N–H and O–H groups in total. The lowest BCUT2D eigenvalue weighted by Gasteiger charge is -2.37. The average molecular weight is 248 g/mol. The van der Waals surface area contributed by atoms with Gasteiger partial charge in [-0.2, -0.15) is 0 Å². The predicted octanol–water partition coefficient (Wildman–Crippen LogP) is 2.75. The van der Waals surface area contributed by atoms with Crippen molar-refractivity contribution in [3.63, 3.8) is 0 Å². The molecule has 0 radical (unpaired) electrons. The molecule has 0 aromatic heterocycles. The second kappa shape index (κ2) is 4.40. The molecular formula is C13H16N2O3. The van der Waals surface area contributed by atoms with Crippen LogP contribution >= 0.6 is 0 Å². The van der Waals surface area contributed by atoms with Crippen LogP contribution in [0.1, 0.15) is 26.7 Å². The molecule has 0 bridgehead atoms. The Labute approximate surface area is 106 Å². The summed E-state index contributed by atoms with van der Waals surface area (Å²) in [7, 11) is 0. The van der Waals surface area contributed by atoms with Crippen LogP contribution in [-0.4, -0.2) is 17.4 Å². The smallest absolute Gasteiger partial charge is 0.269 e. The summed E-state index contributed by atoms with van der Waals surface area (Å²) in [5, 5.41) is 10.6. The number of nitro benzene ring substituents is 1. The second-order valence-electron chi connectivity index (χ2n) is 5.22. The lowest BCUT2D eigenvalue weighted by Crippen LogP contribution is -2.46. The van der Waals surface area contributed by atoms with E-state index in [1.807, 2.05) is 13.8 Å². The van der Waals surface area contributed by atoms with E-state index in [0.29, 0.717) is 6.54 Å². The standard InChI is InChI=1S/C13H16N2O3/c1-13(2)8-3-9-14(12(13)16)10-4-6-11(7-5-10)15(17)18/h4-7H,3,8-9H2,1-2H3. The van der Waals surface area contributed by atoms with Gasteiger partial charge in [0.15, 0.2) is 0 Å². The van der Waals surface area contributed by atoms with E-state index in [0.717, 1.165) is 18.5 Å². The summed E-state index contributed by atoms with van der Waals surface area (Å²) in [6.07, 6.45) is 1.84. The van der Waals surface area contributed by atoms with Crippen molar-refractivity contribution in [2.45, 2.75) is 26.7 Å². The van der Waals surface area contributed by atoms with E-state index in [2.05, 4.69) is 0 Å². The van der Waals surface area contributed by atoms with E-state index in [1.54, 1.807) is 17.0 Å². The van der Waals surface area contributed by atoms with Crippen LogP contribution in [0, 0.1) is 15.5 Å². The van der Waals surface area contributed by atoms with Crippen LogP contribution in [0.4, 0.5) is 11.4 Å². The number of hydrogen-bond acceptors (Lipinski definition) is 3. The van der Waals surface area contributed by atoms with Gasteiger partial charge < -0.3 is 4.90 Å². The minimum Gasteiger partial charge on any atom is -0.312 e. The van der Waals surface area contributed by atoms with Crippen molar-refractivity contribution in [2.75, 3.05) is 11.4 Å². The summed E-state index contributed by atoms with van der Waals surface area (Å²) in [4.78, 5) is 24.1. The molecule has 1 heterocycles. The minimum absolute atomic E-state index is 0.0440. The average Bonchev–Trinajstić information content (AvgIpc) is 2.33. The Kier molecular flexibility index (Phi) is 3.07. The Bertz CT molecular complexity index is 480. The molecule has 1 fully saturated rings. The van der Waals surface area contributed by atoms with Gasteiger partial charge in [-0.3, -0.25) is 14.9 Å². The zero-order valence-electron chi connectivity index (χ0n) is 10.5. The monoisotopic (exact) mass is 248 g/mol. The molecule has 0 unspecified atom stereocenters. The Morgan fingerprint density at radius 2 is 1.89 bits per heavy atom. The van der Waals surface area contributed by atoms with E-state index < -0.39 is 4.92 Å². The number of amides is 1. The molecule has 18 heavy (non-hydrogen) atoms. The van der Waals surface area contributed by atoms with E-state index in [4.69, 9.17) is 0 Å². The number of hydrogen-bond donors (Lipinski definition) is 0. The van der Waals surface area contributed by atoms with Gasteiger partial charge in [-0.25, -0.2) is 0 Å². The van der Waals surface area contributed by atoms with Crippen molar-refractivity contribution in [1.29, 1.82) is 0 Å². The third-order valence-corrected chi connectivity index (χ3v) is 3.38. The molecule has 1 aromatic rings. The zero-order chi connectivity index (χ0) is 13.3. The van der Waals surface area contributed by atoms with Gasteiger partial charge in [0.05, 0.1) is 4.92 Å². The molecular weight excluding hydrogens is 232 g/mol. The van der Waals surface area contributed by atoms with Crippen molar-refractivity contribution in [3.05, 3.63) is 34.4 Å². The van der Waals surface area contributed by atoms with Gasteiger partial charge in [-0.15, -0.1) is 0 Å². The largest absolute Gasteiger partial charge is 0.312 e. The first-order valence-electron chi connectivity index (χ1n) is 5.98. The maximum atomic E-state index is 12.3. The fourth-order valence-electron chi connectivity index (χ4n) is 2.25. The highest BCUT2D eigenvalue weighted by atomic mass is 16.6. The van der Waals surface area contributed by atoms with Crippen LogP contribution in [0.15, 0.2) is 24.3 Å². The molecule has 96 valence electrons. The second-order valence-corrected chi connectivity index (χ2v) is 5.22. The minimum atomic E-state index is -0.439. The maximum absolute atomic E-state index is 12.3. The number of carbonyl (C=O) groups is 1. The molecule has 1 saturated heterocycles. The number of anilines is 1. The van der Waals surface area contributed by atoms with Gasteiger partial charge >= 0.3 is 0 Å². The summed E-state index contributed by atoms with van der Waals surface area (Å²) >= 11 is 0. The number of nitrogens with zero attached hydrogens (tertiary/aromatic N) is 2. The van der Waals surface area contributed by atoms with E-state index in [1.165, 1.54) is 12.1 Å². The molecule has 1 aliphatic rings. The Hall–Kier alpha value is -1.91. The fraction of sp³-hybridized carbons (Fsp3) is 0.462.